The highest BCUT2D eigenvalue weighted by atomic mass is 79.9. The predicted octanol–water partition coefficient (Wildman–Crippen LogP) is 2.05. The van der Waals surface area contributed by atoms with Crippen LogP contribution in [0.1, 0.15) is 5.56 Å². The van der Waals surface area contributed by atoms with Crippen LogP contribution in [-0.4, -0.2) is 28.1 Å². The normalized spacial score (nSPS) is 11.2. The van der Waals surface area contributed by atoms with Gasteiger partial charge in [0.25, 0.3) is 5.56 Å². The van der Waals surface area contributed by atoms with Crippen molar-refractivity contribution in [1.29, 1.82) is 0 Å². The molecule has 0 aliphatic carbocycles. The minimum atomic E-state index is -0.642. The van der Waals surface area contributed by atoms with Gasteiger partial charge in [-0.1, -0.05) is 12.1 Å². The molecular weight excluding hydrogens is 378 g/mol. The molecule has 7 nitrogen and oxygen atoms in total. The summed E-state index contributed by atoms with van der Waals surface area (Å²) >= 11 is 3.28. The molecule has 0 saturated carbocycles. The number of fused-ring (bicyclic) bond motifs is 1. The van der Waals surface area contributed by atoms with Crippen molar-refractivity contribution in [3.63, 3.8) is 0 Å². The molecule has 0 atom stereocenters. The number of benzene rings is 2. The molecule has 0 amide bonds. The third-order valence-corrected chi connectivity index (χ3v) is 4.08. The summed E-state index contributed by atoms with van der Waals surface area (Å²) in [6.45, 7) is 0. The number of aromatic nitrogens is 2. The molecule has 0 saturated heterocycles. The van der Waals surface area contributed by atoms with Crippen LogP contribution in [0.15, 0.2) is 55.6 Å². The van der Waals surface area contributed by atoms with E-state index < -0.39 is 11.2 Å². The van der Waals surface area contributed by atoms with Gasteiger partial charge >= 0.3 is 5.69 Å². The molecule has 0 radical (unpaired) electrons. The van der Waals surface area contributed by atoms with E-state index in [0.717, 1.165) is 4.68 Å². The molecule has 24 heavy (non-hydrogen) atoms. The van der Waals surface area contributed by atoms with Crippen molar-refractivity contribution >= 4 is 33.0 Å². The number of methoxy groups -OCH3 is 1. The fourth-order valence-electron chi connectivity index (χ4n) is 2.20. The Bertz CT molecular complexity index is 1070. The number of H-pyrrole nitrogens is 1. The molecule has 2 aromatic carbocycles. The van der Waals surface area contributed by atoms with Gasteiger partial charge in [-0.2, -0.15) is 5.10 Å². The lowest BCUT2D eigenvalue weighted by atomic mass is 10.2. The molecule has 1 aromatic heterocycles. The van der Waals surface area contributed by atoms with Gasteiger partial charge < -0.3 is 14.8 Å². The summed E-state index contributed by atoms with van der Waals surface area (Å²) in [4.78, 5) is 27.0. The van der Waals surface area contributed by atoms with Gasteiger partial charge in [0, 0.05) is 10.0 Å². The molecule has 0 aliphatic rings. The third kappa shape index (κ3) is 2.83. The van der Waals surface area contributed by atoms with Gasteiger partial charge in [-0.25, -0.2) is 4.79 Å². The molecular formula is C16H12BrN3O4. The minimum Gasteiger partial charge on any atom is -0.504 e. The zero-order valence-electron chi connectivity index (χ0n) is 12.5. The molecule has 3 aromatic rings. The van der Waals surface area contributed by atoms with Crippen molar-refractivity contribution < 1.29 is 9.84 Å². The van der Waals surface area contributed by atoms with Crippen LogP contribution in [0.25, 0.3) is 10.9 Å². The van der Waals surface area contributed by atoms with E-state index in [1.165, 1.54) is 25.5 Å². The lowest BCUT2D eigenvalue weighted by molar-refractivity contribution is 0.373. The lowest BCUT2D eigenvalue weighted by Gasteiger charge is -2.06. The van der Waals surface area contributed by atoms with Crippen LogP contribution in [0.4, 0.5) is 0 Å². The van der Waals surface area contributed by atoms with Crippen LogP contribution >= 0.6 is 15.9 Å². The maximum absolute atomic E-state index is 12.4. The smallest absolute Gasteiger partial charge is 0.349 e. The van der Waals surface area contributed by atoms with Crippen molar-refractivity contribution in [2.75, 3.05) is 7.11 Å². The molecule has 2 N–H and O–H groups in total. The SMILES string of the molecule is COc1cc(C=Nn2c(=O)[nH]c3ccccc3c2=O)c(Br)cc1O. The monoisotopic (exact) mass is 389 g/mol. The quantitative estimate of drug-likeness (QED) is 0.669. The Balaban J connectivity index is 2.12. The number of nitrogens with one attached hydrogen (secondary N) is 1. The summed E-state index contributed by atoms with van der Waals surface area (Å²) < 4.78 is 6.31. The van der Waals surface area contributed by atoms with Gasteiger partial charge in [0.1, 0.15) is 0 Å². The average molecular weight is 390 g/mol. The second-order valence-electron chi connectivity index (χ2n) is 4.88. The first-order valence-corrected chi connectivity index (χ1v) is 7.65. The second kappa shape index (κ2) is 6.32. The van der Waals surface area contributed by atoms with Gasteiger partial charge in [-0.3, -0.25) is 4.79 Å². The van der Waals surface area contributed by atoms with Crippen molar-refractivity contribution in [1.82, 2.24) is 9.66 Å². The molecule has 0 spiro atoms. The average Bonchev–Trinajstić information content (AvgIpc) is 2.56. The van der Waals surface area contributed by atoms with E-state index in [0.29, 0.717) is 20.9 Å². The van der Waals surface area contributed by atoms with Gasteiger partial charge in [-0.15, -0.1) is 4.68 Å². The number of hydrogen-bond acceptors (Lipinski definition) is 5. The zero-order valence-corrected chi connectivity index (χ0v) is 14.1. The van der Waals surface area contributed by atoms with E-state index in [1.807, 2.05) is 0 Å². The predicted molar refractivity (Wildman–Crippen MR) is 94.2 cm³/mol. The molecule has 3 rings (SSSR count). The van der Waals surface area contributed by atoms with E-state index in [-0.39, 0.29) is 11.5 Å². The number of rotatable bonds is 3. The van der Waals surface area contributed by atoms with Crippen molar-refractivity contribution in [2.24, 2.45) is 5.10 Å². The zero-order chi connectivity index (χ0) is 17.3. The van der Waals surface area contributed by atoms with Gasteiger partial charge in [0.2, 0.25) is 0 Å². The third-order valence-electron chi connectivity index (χ3n) is 3.39. The summed E-state index contributed by atoms with van der Waals surface area (Å²) in [7, 11) is 1.42. The molecule has 0 unspecified atom stereocenters. The number of phenolic OH excluding ortho intramolecular Hbond substituents is 1. The summed E-state index contributed by atoms with van der Waals surface area (Å²) in [6, 6.07) is 9.66. The standard InChI is InChI=1S/C16H12BrN3O4/c1-24-14-6-9(11(17)7-13(14)21)8-18-20-15(22)10-4-2-3-5-12(10)19-16(20)23/h2-8,21H,1H3,(H,19,23). The van der Waals surface area contributed by atoms with Crippen molar-refractivity contribution in [2.45, 2.75) is 0 Å². The lowest BCUT2D eigenvalue weighted by Crippen LogP contribution is -2.32. The first kappa shape index (κ1) is 16.0. The topological polar surface area (TPSA) is 96.7 Å². The Morgan fingerprint density at radius 3 is 2.79 bits per heavy atom. The number of phenols is 1. The van der Waals surface area contributed by atoms with Gasteiger partial charge in [0.15, 0.2) is 11.5 Å². The van der Waals surface area contributed by atoms with Gasteiger partial charge in [0.05, 0.1) is 24.2 Å². The fourth-order valence-corrected chi connectivity index (χ4v) is 2.63. The minimum absolute atomic E-state index is 0.0396. The molecule has 1 heterocycles. The summed E-state index contributed by atoms with van der Waals surface area (Å²) in [6.07, 6.45) is 1.33. The highest BCUT2D eigenvalue weighted by Gasteiger charge is 2.08. The molecule has 0 bridgehead atoms. The Labute approximate surface area is 144 Å². The van der Waals surface area contributed by atoms with Crippen LogP contribution in [0.2, 0.25) is 0 Å². The van der Waals surface area contributed by atoms with Crippen molar-refractivity contribution in [3.05, 3.63) is 67.3 Å². The Kier molecular flexibility index (Phi) is 4.22. The van der Waals surface area contributed by atoms with E-state index in [1.54, 1.807) is 24.3 Å². The number of hydrogen-bond donors (Lipinski definition) is 2. The van der Waals surface area contributed by atoms with E-state index in [4.69, 9.17) is 4.74 Å². The molecule has 122 valence electrons. The number of aromatic amines is 1. The van der Waals surface area contributed by atoms with Crippen LogP contribution in [0.3, 0.4) is 0 Å². The van der Waals surface area contributed by atoms with Crippen LogP contribution in [0.5, 0.6) is 11.5 Å². The molecule has 8 heteroatoms. The van der Waals surface area contributed by atoms with Crippen molar-refractivity contribution in [3.8, 4) is 11.5 Å². The van der Waals surface area contributed by atoms with Crippen LogP contribution < -0.4 is 16.0 Å². The summed E-state index contributed by atoms with van der Waals surface area (Å²) in [5, 5.41) is 14.0. The number of para-hydroxylation sites is 1. The summed E-state index contributed by atoms with van der Waals surface area (Å²) in [5.41, 5.74) is -0.181. The number of ether oxygens (including phenoxy) is 1. The Morgan fingerprint density at radius 2 is 2.04 bits per heavy atom. The largest absolute Gasteiger partial charge is 0.504 e. The van der Waals surface area contributed by atoms with E-state index >= 15 is 0 Å². The molecule has 0 fully saturated rings. The van der Waals surface area contributed by atoms with E-state index in [2.05, 4.69) is 26.0 Å². The number of halogens is 1. The maximum Gasteiger partial charge on any atom is 0.349 e. The number of nitrogens with zero attached hydrogens (tertiary/aromatic N) is 2. The van der Waals surface area contributed by atoms with Crippen LogP contribution in [-0.2, 0) is 0 Å². The molecule has 0 aliphatic heterocycles. The Hall–Kier alpha value is -2.87. The van der Waals surface area contributed by atoms with Crippen LogP contribution in [0, 0.1) is 0 Å². The summed E-state index contributed by atoms with van der Waals surface area (Å²) in [5.74, 6) is 0.210. The highest BCUT2D eigenvalue weighted by Crippen LogP contribution is 2.31. The Morgan fingerprint density at radius 1 is 1.29 bits per heavy atom. The first-order chi connectivity index (χ1) is 11.5. The van der Waals surface area contributed by atoms with Gasteiger partial charge in [-0.05, 0) is 40.2 Å². The second-order valence-corrected chi connectivity index (χ2v) is 5.74. The fraction of sp³-hybridized carbons (Fsp3) is 0.0625. The highest BCUT2D eigenvalue weighted by molar-refractivity contribution is 9.10. The van der Waals surface area contributed by atoms with E-state index in [9.17, 15) is 14.7 Å². The first-order valence-electron chi connectivity index (χ1n) is 6.86. The number of aromatic hydroxyl groups is 1. The maximum atomic E-state index is 12.4.